The lowest BCUT2D eigenvalue weighted by Crippen LogP contribution is -1.98. The van der Waals surface area contributed by atoms with Gasteiger partial charge in [0.1, 0.15) is 11.4 Å². The van der Waals surface area contributed by atoms with E-state index in [2.05, 4.69) is 24.9 Å². The van der Waals surface area contributed by atoms with Crippen molar-refractivity contribution in [1.29, 1.82) is 0 Å². The van der Waals surface area contributed by atoms with Gasteiger partial charge in [-0.15, -0.1) is 0 Å². The lowest BCUT2D eigenvalue weighted by atomic mass is 10.3. The molecule has 0 saturated carbocycles. The van der Waals surface area contributed by atoms with Crippen LogP contribution in [0.15, 0.2) is 48.8 Å². The zero-order valence-corrected chi connectivity index (χ0v) is 9.80. The van der Waals surface area contributed by atoms with Crippen LogP contribution in [-0.4, -0.2) is 30.0 Å². The second kappa shape index (κ2) is 4.77. The van der Waals surface area contributed by atoms with Crippen LogP contribution in [0.3, 0.4) is 0 Å². The van der Waals surface area contributed by atoms with Crippen molar-refractivity contribution in [2.24, 2.45) is 0 Å². The number of rotatable bonds is 2. The molecule has 0 saturated heterocycles. The molecule has 0 amide bonds. The molecule has 0 bridgehead atoms. The predicted molar refractivity (Wildman–Crippen MR) is 68.0 cm³/mol. The Morgan fingerprint density at radius 1 is 0.684 bits per heavy atom. The molecule has 3 heterocycles. The van der Waals surface area contributed by atoms with Crippen molar-refractivity contribution in [2.45, 2.75) is 0 Å². The first-order valence-corrected chi connectivity index (χ1v) is 5.61. The summed E-state index contributed by atoms with van der Waals surface area (Å²) in [6.07, 6.45) is 3.27. The van der Waals surface area contributed by atoms with Crippen molar-refractivity contribution in [1.82, 2.24) is 24.9 Å². The summed E-state index contributed by atoms with van der Waals surface area (Å²) in [4.78, 5) is 20.3. The maximum absolute atomic E-state index is 9.60. The lowest BCUT2D eigenvalue weighted by Gasteiger charge is -2.03. The Labute approximate surface area is 108 Å². The van der Waals surface area contributed by atoms with Gasteiger partial charge in [-0.25, -0.2) is 4.98 Å². The number of aromatic hydroxyl groups is 1. The summed E-state index contributed by atoms with van der Waals surface area (Å²) in [6.45, 7) is 0. The van der Waals surface area contributed by atoms with E-state index in [1.807, 2.05) is 12.1 Å². The molecular weight excluding hydrogens is 242 g/mol. The van der Waals surface area contributed by atoms with E-state index in [0.29, 0.717) is 23.0 Å². The van der Waals surface area contributed by atoms with Crippen molar-refractivity contribution in [2.75, 3.05) is 0 Å². The normalized spacial score (nSPS) is 10.3. The third-order valence-corrected chi connectivity index (χ3v) is 2.41. The Kier molecular flexibility index (Phi) is 2.82. The van der Waals surface area contributed by atoms with Gasteiger partial charge in [0.15, 0.2) is 11.6 Å². The molecule has 6 nitrogen and oxygen atoms in total. The van der Waals surface area contributed by atoms with Crippen molar-refractivity contribution in [3.8, 4) is 29.0 Å². The third kappa shape index (κ3) is 2.37. The molecule has 0 aliphatic heterocycles. The molecule has 0 aromatic carbocycles. The number of hydrogen-bond acceptors (Lipinski definition) is 6. The molecule has 92 valence electrons. The highest BCUT2D eigenvalue weighted by Crippen LogP contribution is 2.18. The predicted octanol–water partition coefficient (Wildman–Crippen LogP) is 1.70. The van der Waals surface area contributed by atoms with E-state index in [1.54, 1.807) is 36.7 Å². The molecule has 0 fully saturated rings. The first kappa shape index (κ1) is 11.2. The summed E-state index contributed by atoms with van der Waals surface area (Å²) in [6, 6.07) is 10.4. The second-order valence-corrected chi connectivity index (χ2v) is 3.71. The first-order chi connectivity index (χ1) is 9.33. The van der Waals surface area contributed by atoms with Gasteiger partial charge in [0.25, 0.3) is 0 Å². The average molecular weight is 251 g/mol. The second-order valence-electron chi connectivity index (χ2n) is 3.71. The van der Waals surface area contributed by atoms with E-state index in [4.69, 9.17) is 0 Å². The van der Waals surface area contributed by atoms with Crippen molar-refractivity contribution in [3.63, 3.8) is 0 Å². The molecule has 3 aromatic rings. The highest BCUT2D eigenvalue weighted by atomic mass is 16.3. The van der Waals surface area contributed by atoms with Gasteiger partial charge in [-0.3, -0.25) is 9.97 Å². The van der Waals surface area contributed by atoms with E-state index in [1.165, 1.54) is 0 Å². The summed E-state index contributed by atoms with van der Waals surface area (Å²) in [5.41, 5.74) is 1.13. The van der Waals surface area contributed by atoms with Crippen LogP contribution in [-0.2, 0) is 0 Å². The maximum atomic E-state index is 9.60. The molecule has 0 unspecified atom stereocenters. The average Bonchev–Trinajstić information content (AvgIpc) is 2.48. The Morgan fingerprint density at radius 2 is 1.21 bits per heavy atom. The fourth-order valence-corrected chi connectivity index (χ4v) is 1.58. The summed E-state index contributed by atoms with van der Waals surface area (Å²) in [5.74, 6) is 0.627. The first-order valence-electron chi connectivity index (χ1n) is 5.61. The summed E-state index contributed by atoms with van der Waals surface area (Å²) < 4.78 is 0. The van der Waals surface area contributed by atoms with Crippen molar-refractivity contribution >= 4 is 0 Å². The molecule has 19 heavy (non-hydrogen) atoms. The Balaban J connectivity index is 2.12. The van der Waals surface area contributed by atoms with Gasteiger partial charge >= 0.3 is 6.01 Å². The van der Waals surface area contributed by atoms with Crippen LogP contribution in [0.5, 0.6) is 6.01 Å². The van der Waals surface area contributed by atoms with E-state index in [9.17, 15) is 5.11 Å². The van der Waals surface area contributed by atoms with Crippen LogP contribution >= 0.6 is 0 Å². The number of hydrogen-bond donors (Lipinski definition) is 1. The van der Waals surface area contributed by atoms with Gasteiger partial charge in [-0.1, -0.05) is 12.1 Å². The highest BCUT2D eigenvalue weighted by molar-refractivity contribution is 5.55. The smallest absolute Gasteiger partial charge is 0.318 e. The fraction of sp³-hybridized carbons (Fsp3) is 0. The zero-order valence-electron chi connectivity index (χ0n) is 9.80. The molecule has 6 heteroatoms. The highest BCUT2D eigenvalue weighted by Gasteiger charge is 2.10. The van der Waals surface area contributed by atoms with E-state index < -0.39 is 0 Å². The summed E-state index contributed by atoms with van der Waals surface area (Å²) >= 11 is 0. The molecular formula is C13H9N5O. The molecule has 0 spiro atoms. The monoisotopic (exact) mass is 251 g/mol. The standard InChI is InChI=1S/C13H9N5O/c19-13-17-11(9-5-1-3-7-14-9)16-12(18-13)10-6-2-4-8-15-10/h1-8H,(H,16,17,18,19). The third-order valence-electron chi connectivity index (χ3n) is 2.41. The van der Waals surface area contributed by atoms with Gasteiger partial charge in [0.05, 0.1) is 0 Å². The topological polar surface area (TPSA) is 84.7 Å². The van der Waals surface area contributed by atoms with Crippen LogP contribution < -0.4 is 0 Å². The SMILES string of the molecule is Oc1nc(-c2ccccn2)nc(-c2ccccn2)n1. The van der Waals surface area contributed by atoms with Gasteiger partial charge in [0, 0.05) is 12.4 Å². The molecule has 0 radical (unpaired) electrons. The molecule has 0 aliphatic rings. The summed E-state index contributed by atoms with van der Waals surface area (Å²) in [5, 5.41) is 9.60. The Morgan fingerprint density at radius 3 is 1.63 bits per heavy atom. The van der Waals surface area contributed by atoms with E-state index in [0.717, 1.165) is 0 Å². The van der Waals surface area contributed by atoms with Gasteiger partial charge in [0.2, 0.25) is 0 Å². The maximum Gasteiger partial charge on any atom is 0.318 e. The lowest BCUT2D eigenvalue weighted by molar-refractivity contribution is 0.429. The Hall–Kier alpha value is -2.89. The van der Waals surface area contributed by atoms with Gasteiger partial charge in [-0.2, -0.15) is 9.97 Å². The number of nitrogens with zero attached hydrogens (tertiary/aromatic N) is 5. The van der Waals surface area contributed by atoms with Crippen LogP contribution in [0.4, 0.5) is 0 Å². The van der Waals surface area contributed by atoms with E-state index in [-0.39, 0.29) is 6.01 Å². The fourth-order valence-electron chi connectivity index (χ4n) is 1.58. The number of pyridine rings is 2. The minimum absolute atomic E-state index is 0.314. The summed E-state index contributed by atoms with van der Waals surface area (Å²) in [7, 11) is 0. The molecule has 1 N–H and O–H groups in total. The molecule has 0 aliphatic carbocycles. The number of aromatic nitrogens is 5. The quantitative estimate of drug-likeness (QED) is 0.746. The largest absolute Gasteiger partial charge is 0.479 e. The van der Waals surface area contributed by atoms with Gasteiger partial charge < -0.3 is 5.11 Å². The minimum atomic E-state index is -0.351. The minimum Gasteiger partial charge on any atom is -0.479 e. The van der Waals surface area contributed by atoms with Crippen molar-refractivity contribution < 1.29 is 5.11 Å². The molecule has 0 atom stereocenters. The van der Waals surface area contributed by atoms with Gasteiger partial charge in [-0.05, 0) is 24.3 Å². The molecule has 3 aromatic heterocycles. The molecule has 3 rings (SSSR count). The van der Waals surface area contributed by atoms with E-state index >= 15 is 0 Å². The van der Waals surface area contributed by atoms with Crippen molar-refractivity contribution in [3.05, 3.63) is 48.8 Å². The van der Waals surface area contributed by atoms with Crippen LogP contribution in [0, 0.1) is 0 Å². The zero-order chi connectivity index (χ0) is 13.1. The van der Waals surface area contributed by atoms with Crippen LogP contribution in [0.1, 0.15) is 0 Å². The van der Waals surface area contributed by atoms with Crippen LogP contribution in [0.25, 0.3) is 23.0 Å². The Bertz CT molecular complexity index is 630. The van der Waals surface area contributed by atoms with Crippen LogP contribution in [0.2, 0.25) is 0 Å².